The Morgan fingerprint density at radius 1 is 1.78 bits per heavy atom. The van der Waals surface area contributed by atoms with E-state index in [4.69, 9.17) is 20.1 Å². The number of halogens is 2. The van der Waals surface area contributed by atoms with Crippen LogP contribution in [0.15, 0.2) is 16.7 Å². The molecule has 0 atom stereocenters. The minimum Gasteiger partial charge on any atom is -0.384 e. The summed E-state index contributed by atoms with van der Waals surface area (Å²) in [5.74, 6) is 0.0258. The first-order chi connectivity index (χ1) is 5.04. The van der Waals surface area contributed by atoms with Gasteiger partial charge in [-0.1, -0.05) is 11.6 Å². The minimum atomic E-state index is -0.0973. The molecule has 1 aromatic heterocycles. The van der Waals surface area contributed by atoms with Gasteiger partial charge in [0.1, 0.15) is 10.4 Å². The molecule has 0 fully saturated rings. The van der Waals surface area contributed by atoms with E-state index in [9.17, 15) is 0 Å². The van der Waals surface area contributed by atoms with Crippen LogP contribution in [0.5, 0.6) is 0 Å². The monoisotopic (exact) mass is 208 g/mol. The van der Waals surface area contributed by atoms with Gasteiger partial charge in [0, 0.05) is 5.02 Å². The van der Waals surface area contributed by atoms with E-state index in [1.807, 2.05) is 0 Å². The molecule has 1 rings (SSSR count). The van der Waals surface area contributed by atoms with Crippen molar-refractivity contribution in [2.24, 2.45) is 0 Å². The van der Waals surface area contributed by atoms with Crippen LogP contribution in [0.3, 0.4) is 0 Å². The molecule has 0 amide bonds. The van der Waals surface area contributed by atoms with Gasteiger partial charge in [-0.2, -0.15) is 0 Å². The van der Waals surface area contributed by atoms with E-state index >= 15 is 0 Å². The molecule has 0 unspecified atom stereocenters. The van der Waals surface area contributed by atoms with Crippen LogP contribution in [0.4, 0.5) is 5.82 Å². The highest BCUT2D eigenvalue weighted by Crippen LogP contribution is 2.16. The van der Waals surface area contributed by atoms with Crippen LogP contribution < -0.4 is 5.73 Å². The Morgan fingerprint density at radius 2 is 2.44 bits per heavy atom. The number of nitrogens with zero attached hydrogens (tertiary/aromatic N) is 1. The fraction of sp³-hybridized carbons (Fsp3) is 0. The Bertz CT molecular complexity index is 279. The summed E-state index contributed by atoms with van der Waals surface area (Å²) in [5, 5.41) is 0.0179. The summed E-state index contributed by atoms with van der Waals surface area (Å²) in [5.41, 5.74) is 5.29. The fourth-order valence-electron chi connectivity index (χ4n) is 0.396. The molecular formula is C5H4BrClN2. The van der Waals surface area contributed by atoms with E-state index in [2.05, 4.69) is 20.9 Å². The Balaban J connectivity index is 3.46. The third kappa shape index (κ3) is 1.84. The molecule has 0 aliphatic heterocycles. The van der Waals surface area contributed by atoms with Crippen LogP contribution in [0.1, 0.15) is 2.74 Å². The third-order valence-corrected chi connectivity index (χ3v) is 1.23. The molecule has 2 N–H and O–H groups in total. The molecule has 0 bridgehead atoms. The number of nitrogens with two attached hydrogens (primary N) is 1. The summed E-state index contributed by atoms with van der Waals surface area (Å²) >= 11 is 8.55. The SMILES string of the molecule is [2H]c1c(N)nc(Br)c([2H])c1Cl. The van der Waals surface area contributed by atoms with Gasteiger partial charge in [0.15, 0.2) is 0 Å². The predicted octanol–water partition coefficient (Wildman–Crippen LogP) is 2.08. The molecule has 0 aliphatic carbocycles. The van der Waals surface area contributed by atoms with Gasteiger partial charge in [-0.15, -0.1) is 0 Å². The molecule has 48 valence electrons. The normalized spacial score (nSPS) is 12.7. The Labute approximate surface area is 69.0 Å². The number of rotatable bonds is 0. The number of anilines is 1. The number of aromatic nitrogens is 1. The highest BCUT2D eigenvalue weighted by Gasteiger charge is 1.92. The molecule has 0 saturated heterocycles. The number of pyridine rings is 1. The molecule has 0 aromatic carbocycles. The molecule has 2 nitrogen and oxygen atoms in total. The van der Waals surface area contributed by atoms with Crippen LogP contribution in [0.2, 0.25) is 5.02 Å². The molecule has 4 heteroatoms. The molecule has 0 radical (unpaired) electrons. The summed E-state index contributed by atoms with van der Waals surface area (Å²) in [6, 6.07) is -0.106. The van der Waals surface area contributed by atoms with Crippen LogP contribution in [0.25, 0.3) is 0 Å². The predicted molar refractivity (Wildman–Crippen MR) is 41.4 cm³/mol. The van der Waals surface area contributed by atoms with Gasteiger partial charge in [0.25, 0.3) is 0 Å². The second-order valence-electron chi connectivity index (χ2n) is 1.35. The molecule has 0 spiro atoms. The molecule has 9 heavy (non-hydrogen) atoms. The van der Waals surface area contributed by atoms with Gasteiger partial charge >= 0.3 is 0 Å². The smallest absolute Gasteiger partial charge is 0.126 e. The van der Waals surface area contributed by atoms with E-state index < -0.39 is 0 Å². The lowest BCUT2D eigenvalue weighted by Gasteiger charge is -1.93. The zero-order chi connectivity index (χ0) is 8.59. The first kappa shape index (κ1) is 4.52. The fourth-order valence-corrected chi connectivity index (χ4v) is 1.09. The van der Waals surface area contributed by atoms with E-state index in [1.54, 1.807) is 0 Å². The maximum atomic E-state index is 7.26. The van der Waals surface area contributed by atoms with Crippen molar-refractivity contribution in [2.45, 2.75) is 0 Å². The summed E-state index contributed by atoms with van der Waals surface area (Å²) in [6.07, 6.45) is 0. The lowest BCUT2D eigenvalue weighted by molar-refractivity contribution is 1.29. The lowest BCUT2D eigenvalue weighted by Crippen LogP contribution is -1.88. The van der Waals surface area contributed by atoms with Gasteiger partial charge in [0.2, 0.25) is 0 Å². The maximum absolute atomic E-state index is 7.26. The molecule has 0 aliphatic rings. The van der Waals surface area contributed by atoms with Crippen LogP contribution >= 0.6 is 27.5 Å². The Morgan fingerprint density at radius 3 is 3.11 bits per heavy atom. The number of nitrogen functional groups attached to an aromatic ring is 1. The van der Waals surface area contributed by atoms with E-state index in [1.165, 1.54) is 0 Å². The second kappa shape index (κ2) is 2.54. The quantitative estimate of drug-likeness (QED) is 0.665. The van der Waals surface area contributed by atoms with Gasteiger partial charge < -0.3 is 5.73 Å². The Kier molecular flexibility index (Phi) is 1.28. The zero-order valence-electron chi connectivity index (χ0n) is 6.28. The van der Waals surface area contributed by atoms with E-state index in [0.29, 0.717) is 0 Å². The summed E-state index contributed by atoms with van der Waals surface area (Å²) in [7, 11) is 0. The molecule has 1 heterocycles. The van der Waals surface area contributed by atoms with E-state index in [0.717, 1.165) is 0 Å². The topological polar surface area (TPSA) is 38.9 Å². The van der Waals surface area contributed by atoms with E-state index in [-0.39, 0.29) is 27.5 Å². The van der Waals surface area contributed by atoms with Gasteiger partial charge in [-0.3, -0.25) is 0 Å². The zero-order valence-corrected chi connectivity index (χ0v) is 6.62. The minimum absolute atomic E-state index is 0.00846. The van der Waals surface area contributed by atoms with Gasteiger partial charge in [-0.25, -0.2) is 4.98 Å². The van der Waals surface area contributed by atoms with Crippen molar-refractivity contribution in [1.82, 2.24) is 4.98 Å². The lowest BCUT2D eigenvalue weighted by atomic mass is 10.5. The van der Waals surface area contributed by atoms with Crippen molar-refractivity contribution in [3.8, 4) is 0 Å². The second-order valence-corrected chi connectivity index (χ2v) is 2.48. The van der Waals surface area contributed by atoms with Crippen LogP contribution in [0, 0.1) is 0 Å². The van der Waals surface area contributed by atoms with Gasteiger partial charge in [0.05, 0.1) is 2.74 Å². The molecule has 0 saturated carbocycles. The summed E-state index contributed by atoms with van der Waals surface area (Å²) in [6.45, 7) is 0. The van der Waals surface area contributed by atoms with Crippen molar-refractivity contribution < 1.29 is 2.74 Å². The van der Waals surface area contributed by atoms with Crippen LogP contribution in [-0.2, 0) is 0 Å². The van der Waals surface area contributed by atoms with Crippen molar-refractivity contribution in [1.29, 1.82) is 0 Å². The largest absolute Gasteiger partial charge is 0.384 e. The average molecular weight is 209 g/mol. The standard InChI is InChI=1S/C5H4BrClN2/c6-4-1-3(7)2-5(8)9-4/h1-2H,(H2,8,9)/i1D,2D. The van der Waals surface area contributed by atoms with Gasteiger partial charge in [-0.05, 0) is 28.0 Å². The molecule has 1 aromatic rings. The Hall–Kier alpha value is -0.280. The maximum Gasteiger partial charge on any atom is 0.126 e. The van der Waals surface area contributed by atoms with Crippen molar-refractivity contribution in [3.63, 3.8) is 0 Å². The van der Waals surface area contributed by atoms with Crippen LogP contribution in [-0.4, -0.2) is 4.98 Å². The number of hydrogen-bond donors (Lipinski definition) is 1. The summed E-state index contributed by atoms with van der Waals surface area (Å²) in [4.78, 5) is 3.67. The van der Waals surface area contributed by atoms with Crippen molar-refractivity contribution in [2.75, 3.05) is 5.73 Å². The van der Waals surface area contributed by atoms with Crippen molar-refractivity contribution >= 4 is 33.3 Å². The molecular weight excluding hydrogens is 203 g/mol. The first-order valence-electron chi connectivity index (χ1n) is 3.11. The van der Waals surface area contributed by atoms with Crippen molar-refractivity contribution in [3.05, 3.63) is 21.7 Å². The number of hydrogen-bond acceptors (Lipinski definition) is 2. The average Bonchev–Trinajstić information content (AvgIpc) is 1.97. The highest BCUT2D eigenvalue weighted by molar-refractivity contribution is 9.10. The first-order valence-corrected chi connectivity index (χ1v) is 3.28. The highest BCUT2D eigenvalue weighted by atomic mass is 79.9. The summed E-state index contributed by atoms with van der Waals surface area (Å²) < 4.78 is 14.7. The third-order valence-electron chi connectivity index (χ3n) is 0.669.